The molecular weight excluding hydrogens is 136 g/mol. The van der Waals surface area contributed by atoms with Gasteiger partial charge in [-0.05, 0) is 18.4 Å². The highest BCUT2D eigenvalue weighted by Gasteiger charge is 1.89. The molecule has 0 atom stereocenters. The van der Waals surface area contributed by atoms with Gasteiger partial charge in [-0.1, -0.05) is 30.3 Å². The molecule has 0 spiro atoms. The van der Waals surface area contributed by atoms with Gasteiger partial charge in [-0.15, -0.1) is 0 Å². The topological polar surface area (TPSA) is 9.23 Å². The first-order valence-electron chi connectivity index (χ1n) is 3.78. The fourth-order valence-corrected chi connectivity index (χ4v) is 0.958. The summed E-state index contributed by atoms with van der Waals surface area (Å²) in [5.74, 6) is 0. The van der Waals surface area contributed by atoms with Crippen molar-refractivity contribution < 1.29 is 4.74 Å². The Bertz CT molecular complexity index is 181. The molecule has 11 heavy (non-hydrogen) atoms. The Morgan fingerprint density at radius 1 is 1.27 bits per heavy atom. The van der Waals surface area contributed by atoms with Gasteiger partial charge in [0, 0.05) is 13.7 Å². The smallest absolute Gasteiger partial charge is 0.0497 e. The van der Waals surface area contributed by atoms with Crippen molar-refractivity contribution in [2.24, 2.45) is 0 Å². The van der Waals surface area contributed by atoms with Crippen LogP contribution in [-0.2, 0) is 11.2 Å². The minimum Gasteiger partial charge on any atom is -0.384 e. The Balaban J connectivity index is 2.28. The molecule has 1 rings (SSSR count). The van der Waals surface area contributed by atoms with E-state index in [1.165, 1.54) is 5.56 Å². The molecule has 1 nitrogen and oxygen atoms in total. The van der Waals surface area contributed by atoms with Crippen molar-refractivity contribution in [2.75, 3.05) is 13.7 Å². The lowest BCUT2D eigenvalue weighted by Crippen LogP contribution is -1.92. The van der Waals surface area contributed by atoms with E-state index in [1.807, 2.05) is 6.07 Å². The Hall–Kier alpha value is -0.820. The van der Waals surface area contributed by atoms with Gasteiger partial charge in [-0.2, -0.15) is 0 Å². The second-order valence-electron chi connectivity index (χ2n) is 2.43. The zero-order valence-corrected chi connectivity index (χ0v) is 6.79. The van der Waals surface area contributed by atoms with Crippen molar-refractivity contribution in [2.45, 2.75) is 6.42 Å². The Kier molecular flexibility index (Phi) is 3.70. The van der Waals surface area contributed by atoms with Crippen LogP contribution in [0.15, 0.2) is 30.3 Å². The van der Waals surface area contributed by atoms with Crippen LogP contribution < -0.4 is 0 Å². The van der Waals surface area contributed by atoms with Crippen LogP contribution in [0.25, 0.3) is 0 Å². The molecule has 59 valence electrons. The molecule has 0 saturated heterocycles. The predicted octanol–water partition coefficient (Wildman–Crippen LogP) is 2.08. The van der Waals surface area contributed by atoms with Gasteiger partial charge in [0.05, 0.1) is 0 Å². The highest BCUT2D eigenvalue weighted by Crippen LogP contribution is 2.00. The molecule has 0 N–H and O–H groups in total. The lowest BCUT2D eigenvalue weighted by molar-refractivity contribution is 0.221. The van der Waals surface area contributed by atoms with Crippen LogP contribution >= 0.6 is 0 Å². The number of benzene rings is 1. The molecule has 0 saturated carbocycles. The summed E-state index contributed by atoms with van der Waals surface area (Å²) in [5.41, 5.74) is 1.34. The largest absolute Gasteiger partial charge is 0.384 e. The van der Waals surface area contributed by atoms with E-state index in [0.29, 0.717) is 0 Å². The molecule has 0 amide bonds. The first kappa shape index (κ1) is 8.28. The first-order valence-corrected chi connectivity index (χ1v) is 3.78. The predicted molar refractivity (Wildman–Crippen MR) is 46.3 cm³/mol. The third kappa shape index (κ3) is 3.19. The van der Waals surface area contributed by atoms with E-state index in [1.54, 1.807) is 7.11 Å². The Labute approximate surface area is 68.0 Å². The molecule has 0 unspecified atom stereocenters. The molecule has 1 radical (unpaired) electrons. The van der Waals surface area contributed by atoms with Crippen molar-refractivity contribution in [3.05, 3.63) is 42.3 Å². The second-order valence-corrected chi connectivity index (χ2v) is 2.43. The average Bonchev–Trinajstić information content (AvgIpc) is 2.07. The fraction of sp³-hybridized carbons (Fsp3) is 0.300. The third-order valence-corrected chi connectivity index (χ3v) is 1.51. The number of hydrogen-bond donors (Lipinski definition) is 0. The van der Waals surface area contributed by atoms with Gasteiger partial charge in [0.1, 0.15) is 0 Å². The van der Waals surface area contributed by atoms with Crippen molar-refractivity contribution in [3.8, 4) is 0 Å². The van der Waals surface area contributed by atoms with E-state index >= 15 is 0 Å². The van der Waals surface area contributed by atoms with Crippen LogP contribution in [0, 0.1) is 6.42 Å². The van der Waals surface area contributed by atoms with Crippen LogP contribution in [0.5, 0.6) is 0 Å². The molecule has 0 aliphatic heterocycles. The van der Waals surface area contributed by atoms with Crippen molar-refractivity contribution in [3.63, 3.8) is 0 Å². The van der Waals surface area contributed by atoms with E-state index in [-0.39, 0.29) is 0 Å². The Morgan fingerprint density at radius 2 is 2.00 bits per heavy atom. The van der Waals surface area contributed by atoms with Crippen LogP contribution in [0.2, 0.25) is 0 Å². The molecule has 0 aliphatic rings. The summed E-state index contributed by atoms with van der Waals surface area (Å²) in [5, 5.41) is 0. The lowest BCUT2D eigenvalue weighted by Gasteiger charge is -1.98. The van der Waals surface area contributed by atoms with Gasteiger partial charge in [-0.25, -0.2) is 0 Å². The fourth-order valence-electron chi connectivity index (χ4n) is 0.958. The summed E-state index contributed by atoms with van der Waals surface area (Å²) in [6, 6.07) is 10.4. The summed E-state index contributed by atoms with van der Waals surface area (Å²) in [6.07, 6.45) is 3.12. The maximum Gasteiger partial charge on any atom is 0.0497 e. The van der Waals surface area contributed by atoms with E-state index in [0.717, 1.165) is 13.0 Å². The highest BCUT2D eigenvalue weighted by molar-refractivity contribution is 5.16. The van der Waals surface area contributed by atoms with Gasteiger partial charge >= 0.3 is 0 Å². The van der Waals surface area contributed by atoms with Crippen molar-refractivity contribution >= 4 is 0 Å². The van der Waals surface area contributed by atoms with Crippen LogP contribution in [0.3, 0.4) is 0 Å². The molecule has 1 aromatic carbocycles. The van der Waals surface area contributed by atoms with E-state index in [4.69, 9.17) is 4.74 Å². The minimum atomic E-state index is 0.731. The quantitative estimate of drug-likeness (QED) is 0.595. The molecular formula is C10H13O. The van der Waals surface area contributed by atoms with Crippen LogP contribution in [0.4, 0.5) is 0 Å². The zero-order valence-electron chi connectivity index (χ0n) is 6.79. The third-order valence-electron chi connectivity index (χ3n) is 1.51. The molecule has 0 fully saturated rings. The molecule has 1 heteroatoms. The van der Waals surface area contributed by atoms with Gasteiger partial charge in [0.15, 0.2) is 0 Å². The molecule has 0 aliphatic carbocycles. The molecule has 1 aromatic rings. The van der Waals surface area contributed by atoms with E-state index in [2.05, 4.69) is 30.7 Å². The van der Waals surface area contributed by atoms with Gasteiger partial charge < -0.3 is 4.74 Å². The number of hydrogen-bond acceptors (Lipinski definition) is 1. The zero-order chi connectivity index (χ0) is 7.94. The van der Waals surface area contributed by atoms with Crippen LogP contribution in [0.1, 0.15) is 5.56 Å². The summed E-state index contributed by atoms with van der Waals surface area (Å²) in [6.45, 7) is 0.731. The first-order chi connectivity index (χ1) is 5.43. The van der Waals surface area contributed by atoms with Crippen LogP contribution in [-0.4, -0.2) is 13.7 Å². The summed E-state index contributed by atoms with van der Waals surface area (Å²) < 4.78 is 4.91. The number of ether oxygens (including phenoxy) is 1. The average molecular weight is 149 g/mol. The summed E-state index contributed by atoms with van der Waals surface area (Å²) in [4.78, 5) is 0. The SMILES string of the molecule is COC[CH]Cc1ccccc1. The lowest BCUT2D eigenvalue weighted by atomic mass is 10.1. The second kappa shape index (κ2) is 4.91. The standard InChI is InChI=1S/C10H13O/c1-11-9-5-8-10-6-3-2-4-7-10/h2-7H,8-9H2,1H3. The number of methoxy groups -OCH3 is 1. The van der Waals surface area contributed by atoms with Crippen molar-refractivity contribution in [1.82, 2.24) is 0 Å². The minimum absolute atomic E-state index is 0.731. The van der Waals surface area contributed by atoms with E-state index < -0.39 is 0 Å². The summed E-state index contributed by atoms with van der Waals surface area (Å²) in [7, 11) is 1.71. The van der Waals surface area contributed by atoms with Crippen molar-refractivity contribution in [1.29, 1.82) is 0 Å². The number of rotatable bonds is 4. The van der Waals surface area contributed by atoms with Gasteiger partial charge in [0.2, 0.25) is 0 Å². The normalized spacial score (nSPS) is 9.91. The molecule has 0 heterocycles. The van der Waals surface area contributed by atoms with Gasteiger partial charge in [-0.3, -0.25) is 0 Å². The Morgan fingerprint density at radius 3 is 2.64 bits per heavy atom. The van der Waals surface area contributed by atoms with Gasteiger partial charge in [0.25, 0.3) is 0 Å². The molecule has 0 aromatic heterocycles. The maximum absolute atomic E-state index is 4.91. The monoisotopic (exact) mass is 149 g/mol. The maximum atomic E-state index is 4.91. The van der Waals surface area contributed by atoms with E-state index in [9.17, 15) is 0 Å². The highest BCUT2D eigenvalue weighted by atomic mass is 16.5. The summed E-state index contributed by atoms with van der Waals surface area (Å²) >= 11 is 0. The molecule has 0 bridgehead atoms.